The zero-order valence-corrected chi connectivity index (χ0v) is 15.5. The van der Waals surface area contributed by atoms with Gasteiger partial charge in [0, 0.05) is 26.0 Å². The van der Waals surface area contributed by atoms with Crippen LogP contribution in [0, 0.1) is 5.92 Å². The van der Waals surface area contributed by atoms with Gasteiger partial charge in [0.05, 0.1) is 18.1 Å². The van der Waals surface area contributed by atoms with Crippen LogP contribution in [-0.4, -0.2) is 26.5 Å². The van der Waals surface area contributed by atoms with Gasteiger partial charge < -0.3 is 4.57 Å². The van der Waals surface area contributed by atoms with Crippen LogP contribution in [-0.2, 0) is 18.4 Å². The molecule has 0 aliphatic carbocycles. The van der Waals surface area contributed by atoms with Crippen molar-refractivity contribution in [3.05, 3.63) is 90.0 Å². The summed E-state index contributed by atoms with van der Waals surface area (Å²) in [4.78, 5) is 23.8. The number of aromatic nitrogens is 2. The lowest BCUT2D eigenvalue weighted by Crippen LogP contribution is -2.30. The molecular formula is C22H23N3O2. The summed E-state index contributed by atoms with van der Waals surface area (Å²) < 4.78 is 1.77. The van der Waals surface area contributed by atoms with E-state index in [1.165, 1.54) is 0 Å². The Bertz CT molecular complexity index is 908. The van der Waals surface area contributed by atoms with Gasteiger partial charge in [0.15, 0.2) is 5.82 Å². The first-order valence-electron chi connectivity index (χ1n) is 9.19. The molecule has 2 heterocycles. The Kier molecular flexibility index (Phi) is 4.88. The van der Waals surface area contributed by atoms with Gasteiger partial charge in [-0.15, -0.1) is 0 Å². The maximum atomic E-state index is 13.3. The molecule has 1 saturated heterocycles. The van der Waals surface area contributed by atoms with Crippen LogP contribution in [0.2, 0.25) is 0 Å². The normalized spacial score (nSPS) is 22.8. The minimum Gasteiger partial charge on any atom is -0.332 e. The topological polar surface area (TPSA) is 47.4 Å². The van der Waals surface area contributed by atoms with Gasteiger partial charge in [-0.2, -0.15) is 5.06 Å². The van der Waals surface area contributed by atoms with Crippen molar-refractivity contribution < 1.29 is 9.63 Å². The number of carbonyl (C=O) groups is 1. The minimum absolute atomic E-state index is 0.0133. The van der Waals surface area contributed by atoms with E-state index in [-0.39, 0.29) is 23.8 Å². The number of imidazole rings is 1. The predicted octanol–water partition coefficient (Wildman–Crippen LogP) is 3.80. The van der Waals surface area contributed by atoms with Crippen molar-refractivity contribution in [1.29, 1.82) is 0 Å². The maximum Gasteiger partial charge on any atom is 0.205 e. The molecule has 4 rings (SSSR count). The molecule has 3 aromatic rings. The molecule has 3 atom stereocenters. The SMILES string of the molecule is C[C@H]1ON(Cc2ccccc2)[C@@H](c2ccccc2)C1C(=O)c1nccn1C. The van der Waals surface area contributed by atoms with E-state index in [0.717, 1.165) is 11.1 Å². The molecule has 0 spiro atoms. The summed E-state index contributed by atoms with van der Waals surface area (Å²) in [5.41, 5.74) is 2.22. The molecule has 0 bridgehead atoms. The molecule has 1 aromatic heterocycles. The first kappa shape index (κ1) is 17.6. The number of hydrogen-bond donors (Lipinski definition) is 0. The molecule has 5 nitrogen and oxygen atoms in total. The van der Waals surface area contributed by atoms with Crippen LogP contribution in [0.5, 0.6) is 0 Å². The quantitative estimate of drug-likeness (QED) is 0.649. The Morgan fingerprint density at radius 3 is 2.37 bits per heavy atom. The Morgan fingerprint density at radius 2 is 1.74 bits per heavy atom. The molecule has 1 aliphatic rings. The molecule has 1 fully saturated rings. The highest BCUT2D eigenvalue weighted by Crippen LogP contribution is 2.41. The standard InChI is InChI=1S/C22H23N3O2/c1-16-19(21(26)22-23-13-14-24(22)2)20(18-11-7-4-8-12-18)25(27-16)15-17-9-5-3-6-10-17/h3-14,16,19-20H,15H2,1-2H3/t16-,19?,20+/m1/s1. The monoisotopic (exact) mass is 361 g/mol. The van der Waals surface area contributed by atoms with Gasteiger partial charge in [0.25, 0.3) is 0 Å². The summed E-state index contributed by atoms with van der Waals surface area (Å²) in [6.07, 6.45) is 3.23. The number of hydrogen-bond acceptors (Lipinski definition) is 4. The molecule has 0 radical (unpaired) electrons. The van der Waals surface area contributed by atoms with E-state index in [2.05, 4.69) is 29.2 Å². The second-order valence-corrected chi connectivity index (χ2v) is 6.98. The van der Waals surface area contributed by atoms with Gasteiger partial charge in [-0.1, -0.05) is 60.7 Å². The van der Waals surface area contributed by atoms with Gasteiger partial charge in [-0.3, -0.25) is 9.63 Å². The Labute approximate surface area is 159 Å². The summed E-state index contributed by atoms with van der Waals surface area (Å²) in [5, 5.41) is 1.95. The Hall–Kier alpha value is -2.76. The largest absolute Gasteiger partial charge is 0.332 e. The molecule has 0 N–H and O–H groups in total. The highest BCUT2D eigenvalue weighted by atomic mass is 16.7. The third-order valence-corrected chi connectivity index (χ3v) is 5.12. The minimum atomic E-state index is -0.322. The highest BCUT2D eigenvalue weighted by Gasteiger charge is 2.47. The first-order valence-corrected chi connectivity index (χ1v) is 9.19. The molecule has 0 saturated carbocycles. The van der Waals surface area contributed by atoms with Crippen LogP contribution in [0.25, 0.3) is 0 Å². The number of hydroxylamine groups is 2. The van der Waals surface area contributed by atoms with Crippen molar-refractivity contribution in [2.75, 3.05) is 0 Å². The predicted molar refractivity (Wildman–Crippen MR) is 103 cm³/mol. The number of carbonyl (C=O) groups excluding carboxylic acids is 1. The van der Waals surface area contributed by atoms with Gasteiger partial charge in [0.2, 0.25) is 5.78 Å². The highest BCUT2D eigenvalue weighted by molar-refractivity contribution is 5.96. The number of Topliss-reactive ketones (excluding diaryl/α,β-unsaturated/α-hetero) is 1. The second kappa shape index (κ2) is 7.47. The van der Waals surface area contributed by atoms with Crippen LogP contribution in [0.15, 0.2) is 73.1 Å². The smallest absolute Gasteiger partial charge is 0.205 e. The van der Waals surface area contributed by atoms with Crippen molar-refractivity contribution in [3.63, 3.8) is 0 Å². The molecule has 27 heavy (non-hydrogen) atoms. The van der Waals surface area contributed by atoms with Crippen LogP contribution in [0.4, 0.5) is 0 Å². The van der Waals surface area contributed by atoms with Crippen LogP contribution < -0.4 is 0 Å². The van der Waals surface area contributed by atoms with Crippen molar-refractivity contribution >= 4 is 5.78 Å². The lowest BCUT2D eigenvalue weighted by atomic mass is 9.86. The van der Waals surface area contributed by atoms with Gasteiger partial charge in [-0.25, -0.2) is 4.98 Å². The lowest BCUT2D eigenvalue weighted by molar-refractivity contribution is -0.166. The third-order valence-electron chi connectivity index (χ3n) is 5.12. The zero-order valence-electron chi connectivity index (χ0n) is 15.5. The molecular weight excluding hydrogens is 338 g/mol. The fourth-order valence-corrected chi connectivity index (χ4v) is 3.81. The fraction of sp³-hybridized carbons (Fsp3) is 0.273. The zero-order chi connectivity index (χ0) is 18.8. The summed E-state index contributed by atoms with van der Waals surface area (Å²) in [6.45, 7) is 2.58. The van der Waals surface area contributed by atoms with E-state index in [9.17, 15) is 4.79 Å². The second-order valence-electron chi connectivity index (χ2n) is 6.98. The van der Waals surface area contributed by atoms with Gasteiger partial charge >= 0.3 is 0 Å². The summed E-state index contributed by atoms with van der Waals surface area (Å²) in [5.74, 6) is 0.162. The molecule has 2 aromatic carbocycles. The van der Waals surface area contributed by atoms with E-state index in [0.29, 0.717) is 12.4 Å². The number of ketones is 1. The molecule has 1 aliphatic heterocycles. The van der Waals surface area contributed by atoms with Crippen molar-refractivity contribution in [2.24, 2.45) is 13.0 Å². The third kappa shape index (κ3) is 3.44. The van der Waals surface area contributed by atoms with E-state index in [1.54, 1.807) is 17.0 Å². The van der Waals surface area contributed by atoms with Gasteiger partial charge in [-0.05, 0) is 18.1 Å². The Balaban J connectivity index is 1.71. The molecule has 1 unspecified atom stereocenters. The lowest BCUT2D eigenvalue weighted by Gasteiger charge is -2.25. The summed E-state index contributed by atoms with van der Waals surface area (Å²) >= 11 is 0. The van der Waals surface area contributed by atoms with E-state index < -0.39 is 0 Å². The Morgan fingerprint density at radius 1 is 1.07 bits per heavy atom. The fourth-order valence-electron chi connectivity index (χ4n) is 3.81. The number of benzene rings is 2. The van der Waals surface area contributed by atoms with E-state index in [4.69, 9.17) is 4.84 Å². The van der Waals surface area contributed by atoms with Crippen molar-refractivity contribution in [2.45, 2.75) is 25.6 Å². The molecule has 138 valence electrons. The summed E-state index contributed by atoms with van der Waals surface area (Å²) in [6, 6.07) is 20.1. The van der Waals surface area contributed by atoms with Crippen LogP contribution in [0.3, 0.4) is 0 Å². The maximum absolute atomic E-state index is 13.3. The number of aryl methyl sites for hydroxylation is 1. The summed E-state index contributed by atoms with van der Waals surface area (Å²) in [7, 11) is 1.85. The van der Waals surface area contributed by atoms with Crippen molar-refractivity contribution in [3.8, 4) is 0 Å². The first-order chi connectivity index (χ1) is 13.1. The van der Waals surface area contributed by atoms with Gasteiger partial charge in [0.1, 0.15) is 0 Å². The van der Waals surface area contributed by atoms with E-state index >= 15 is 0 Å². The van der Waals surface area contributed by atoms with E-state index in [1.807, 2.05) is 55.4 Å². The van der Waals surface area contributed by atoms with Crippen LogP contribution >= 0.6 is 0 Å². The van der Waals surface area contributed by atoms with Crippen molar-refractivity contribution in [1.82, 2.24) is 14.6 Å². The van der Waals surface area contributed by atoms with Crippen LogP contribution in [0.1, 0.15) is 34.7 Å². The number of nitrogens with zero attached hydrogens (tertiary/aromatic N) is 3. The molecule has 5 heteroatoms. The number of rotatable bonds is 5. The average Bonchev–Trinajstić information content (AvgIpc) is 3.25. The molecule has 0 amide bonds. The average molecular weight is 361 g/mol.